The van der Waals surface area contributed by atoms with E-state index in [4.69, 9.17) is 12.2 Å². The minimum atomic E-state index is 0.762. The highest BCUT2D eigenvalue weighted by atomic mass is 32.1. The molecule has 2 aromatic carbocycles. The Morgan fingerprint density at radius 1 is 1.18 bits per heavy atom. The zero-order valence-electron chi connectivity index (χ0n) is 10.1. The third-order valence-corrected chi connectivity index (χ3v) is 3.31. The van der Waals surface area contributed by atoms with Crippen molar-refractivity contribution >= 4 is 28.1 Å². The number of thiocarbonyl (C=S) groups is 1. The van der Waals surface area contributed by atoms with Crippen molar-refractivity contribution in [1.82, 2.24) is 10.2 Å². The smallest absolute Gasteiger partial charge is 0.168 e. The molecule has 0 saturated carbocycles. The van der Waals surface area contributed by atoms with Crippen LogP contribution in [-0.4, -0.2) is 24.1 Å². The highest BCUT2D eigenvalue weighted by Gasteiger charge is 2.03. The van der Waals surface area contributed by atoms with E-state index in [2.05, 4.69) is 47.8 Å². The van der Waals surface area contributed by atoms with E-state index in [1.54, 1.807) is 0 Å². The number of nitrogens with zero attached hydrogens (tertiary/aromatic N) is 1. The summed E-state index contributed by atoms with van der Waals surface area (Å²) >= 11 is 5.19. The van der Waals surface area contributed by atoms with E-state index in [0.29, 0.717) is 0 Å². The van der Waals surface area contributed by atoms with Gasteiger partial charge >= 0.3 is 0 Å². The molecular weight excluding hydrogens is 228 g/mol. The molecule has 0 spiro atoms. The van der Waals surface area contributed by atoms with Crippen molar-refractivity contribution in [1.29, 1.82) is 0 Å². The zero-order valence-corrected chi connectivity index (χ0v) is 10.9. The minimum absolute atomic E-state index is 0.762. The summed E-state index contributed by atoms with van der Waals surface area (Å²) in [6.45, 7) is 0.824. The van der Waals surface area contributed by atoms with Crippen LogP contribution < -0.4 is 5.32 Å². The topological polar surface area (TPSA) is 15.3 Å². The van der Waals surface area contributed by atoms with E-state index in [1.807, 2.05) is 19.0 Å². The summed E-state index contributed by atoms with van der Waals surface area (Å²) in [6.07, 6.45) is 0. The Hall–Kier alpha value is -1.61. The van der Waals surface area contributed by atoms with Crippen LogP contribution in [0.15, 0.2) is 42.5 Å². The summed E-state index contributed by atoms with van der Waals surface area (Å²) in [5, 5.41) is 6.29. The molecule has 2 aromatic rings. The largest absolute Gasteiger partial charge is 0.366 e. The van der Waals surface area contributed by atoms with Gasteiger partial charge in [0.25, 0.3) is 0 Å². The fourth-order valence-electron chi connectivity index (χ4n) is 1.87. The fourth-order valence-corrected chi connectivity index (χ4v) is 1.94. The fraction of sp³-hybridized carbons (Fsp3) is 0.214. The van der Waals surface area contributed by atoms with Crippen LogP contribution >= 0.6 is 12.2 Å². The van der Waals surface area contributed by atoms with Gasteiger partial charge in [0.1, 0.15) is 0 Å². The molecule has 0 aliphatic rings. The first-order valence-electron chi connectivity index (χ1n) is 5.61. The van der Waals surface area contributed by atoms with Gasteiger partial charge < -0.3 is 10.2 Å². The van der Waals surface area contributed by atoms with Crippen LogP contribution in [0.3, 0.4) is 0 Å². The number of benzene rings is 2. The lowest BCUT2D eigenvalue weighted by Gasteiger charge is -2.19. The van der Waals surface area contributed by atoms with Gasteiger partial charge in [0.2, 0.25) is 0 Å². The quantitative estimate of drug-likeness (QED) is 0.818. The number of fused-ring (bicyclic) bond motifs is 1. The first-order chi connectivity index (χ1) is 8.20. The zero-order chi connectivity index (χ0) is 12.3. The molecule has 0 aliphatic heterocycles. The van der Waals surface area contributed by atoms with E-state index >= 15 is 0 Å². The molecule has 0 aliphatic carbocycles. The number of rotatable bonds is 2. The minimum Gasteiger partial charge on any atom is -0.366 e. The number of nitrogens with one attached hydrogen (secondary N) is 1. The average Bonchev–Trinajstić information content (AvgIpc) is 2.37. The third-order valence-electron chi connectivity index (χ3n) is 2.79. The molecule has 0 unspecified atom stereocenters. The summed E-state index contributed by atoms with van der Waals surface area (Å²) in [5.41, 5.74) is 1.27. The lowest BCUT2D eigenvalue weighted by atomic mass is 10.1. The second-order valence-electron chi connectivity index (χ2n) is 4.09. The van der Waals surface area contributed by atoms with Gasteiger partial charge in [-0.15, -0.1) is 0 Å². The molecule has 0 atom stereocenters. The van der Waals surface area contributed by atoms with Crippen molar-refractivity contribution in [2.45, 2.75) is 6.54 Å². The molecule has 2 rings (SSSR count). The number of hydrogen-bond donors (Lipinski definition) is 1. The summed E-state index contributed by atoms with van der Waals surface area (Å²) in [4.78, 5) is 2.03. The first-order valence-corrected chi connectivity index (χ1v) is 6.02. The van der Waals surface area contributed by atoms with Crippen LogP contribution in [0.2, 0.25) is 0 Å². The van der Waals surface area contributed by atoms with Crippen molar-refractivity contribution in [3.63, 3.8) is 0 Å². The van der Waals surface area contributed by atoms with Crippen molar-refractivity contribution in [2.24, 2.45) is 0 Å². The standard InChI is InChI=1S/C14H16N2S/c1-15-14(17)16(2)10-11-7-8-12-5-3-4-6-13(12)9-11/h3-9H,10H2,1-2H3,(H,15,17). The van der Waals surface area contributed by atoms with Crippen LogP contribution in [0.25, 0.3) is 10.8 Å². The molecule has 17 heavy (non-hydrogen) atoms. The summed E-state index contributed by atoms with van der Waals surface area (Å²) < 4.78 is 0. The van der Waals surface area contributed by atoms with Crippen LogP contribution in [-0.2, 0) is 6.54 Å². The molecule has 0 saturated heterocycles. The maximum atomic E-state index is 5.19. The maximum Gasteiger partial charge on any atom is 0.168 e. The molecule has 3 heteroatoms. The molecular formula is C14H16N2S. The lowest BCUT2D eigenvalue weighted by molar-refractivity contribution is 0.495. The Bertz CT molecular complexity index is 536. The summed E-state index contributed by atoms with van der Waals surface area (Å²) in [6, 6.07) is 14.9. The van der Waals surface area contributed by atoms with Gasteiger partial charge in [0.15, 0.2) is 5.11 Å². The van der Waals surface area contributed by atoms with E-state index < -0.39 is 0 Å². The van der Waals surface area contributed by atoms with Gasteiger partial charge in [-0.25, -0.2) is 0 Å². The second-order valence-corrected chi connectivity index (χ2v) is 4.48. The normalized spacial score (nSPS) is 10.2. The van der Waals surface area contributed by atoms with Gasteiger partial charge in [0.05, 0.1) is 0 Å². The van der Waals surface area contributed by atoms with Crippen molar-refractivity contribution in [3.05, 3.63) is 48.0 Å². The van der Waals surface area contributed by atoms with Crippen LogP contribution in [0.4, 0.5) is 0 Å². The van der Waals surface area contributed by atoms with E-state index in [-0.39, 0.29) is 0 Å². The molecule has 0 heterocycles. The summed E-state index contributed by atoms with van der Waals surface area (Å²) in [7, 11) is 3.84. The van der Waals surface area contributed by atoms with Gasteiger partial charge in [-0.3, -0.25) is 0 Å². The average molecular weight is 244 g/mol. The van der Waals surface area contributed by atoms with Crippen LogP contribution in [0.5, 0.6) is 0 Å². The van der Waals surface area contributed by atoms with Crippen LogP contribution in [0.1, 0.15) is 5.56 Å². The van der Waals surface area contributed by atoms with Crippen molar-refractivity contribution < 1.29 is 0 Å². The van der Waals surface area contributed by atoms with Crippen molar-refractivity contribution in [2.75, 3.05) is 14.1 Å². The predicted octanol–water partition coefficient (Wildman–Crippen LogP) is 2.78. The summed E-state index contributed by atoms with van der Waals surface area (Å²) in [5.74, 6) is 0. The van der Waals surface area contributed by atoms with Crippen molar-refractivity contribution in [3.8, 4) is 0 Å². The lowest BCUT2D eigenvalue weighted by Crippen LogP contribution is -2.33. The van der Waals surface area contributed by atoms with E-state index in [0.717, 1.165) is 11.7 Å². The van der Waals surface area contributed by atoms with Gasteiger partial charge in [-0.05, 0) is 34.6 Å². The predicted molar refractivity (Wildman–Crippen MR) is 77.1 cm³/mol. The molecule has 0 amide bonds. The molecule has 88 valence electrons. The monoisotopic (exact) mass is 244 g/mol. The SMILES string of the molecule is CNC(=S)N(C)Cc1ccc2ccccc2c1. The molecule has 2 nitrogen and oxygen atoms in total. The highest BCUT2D eigenvalue weighted by Crippen LogP contribution is 2.16. The maximum absolute atomic E-state index is 5.19. The van der Waals surface area contributed by atoms with E-state index in [9.17, 15) is 0 Å². The second kappa shape index (κ2) is 5.15. The first kappa shape index (κ1) is 11.9. The molecule has 0 bridgehead atoms. The molecule has 0 fully saturated rings. The van der Waals surface area contributed by atoms with Gasteiger partial charge in [-0.2, -0.15) is 0 Å². The Morgan fingerprint density at radius 3 is 2.59 bits per heavy atom. The van der Waals surface area contributed by atoms with Crippen LogP contribution in [0, 0.1) is 0 Å². The number of hydrogen-bond acceptors (Lipinski definition) is 1. The molecule has 0 radical (unpaired) electrons. The van der Waals surface area contributed by atoms with E-state index in [1.165, 1.54) is 16.3 Å². The molecule has 0 aromatic heterocycles. The Labute approximate surface area is 107 Å². The Morgan fingerprint density at radius 2 is 1.88 bits per heavy atom. The van der Waals surface area contributed by atoms with Gasteiger partial charge in [0, 0.05) is 20.6 Å². The Kier molecular flexibility index (Phi) is 3.59. The third kappa shape index (κ3) is 2.74. The molecule has 1 N–H and O–H groups in total. The Balaban J connectivity index is 2.22. The van der Waals surface area contributed by atoms with Gasteiger partial charge in [-0.1, -0.05) is 36.4 Å². The highest BCUT2D eigenvalue weighted by molar-refractivity contribution is 7.80.